The third-order valence-electron chi connectivity index (χ3n) is 4.24. The van der Waals surface area contributed by atoms with Crippen molar-refractivity contribution in [3.63, 3.8) is 0 Å². The van der Waals surface area contributed by atoms with Crippen molar-refractivity contribution in [2.75, 3.05) is 7.11 Å². The number of ether oxygens (including phenoxy) is 1. The Hall–Kier alpha value is -3.35. The van der Waals surface area contributed by atoms with Gasteiger partial charge < -0.3 is 19.9 Å². The number of para-hydroxylation sites is 1. The first kappa shape index (κ1) is 18.4. The number of hydrogen-bond donors (Lipinski definition) is 2. The van der Waals surface area contributed by atoms with Gasteiger partial charge in [0.15, 0.2) is 0 Å². The summed E-state index contributed by atoms with van der Waals surface area (Å²) < 4.78 is 21.4. The van der Waals surface area contributed by atoms with E-state index in [-0.39, 0.29) is 6.54 Å². The van der Waals surface area contributed by atoms with Crippen LogP contribution in [0.4, 0.5) is 9.18 Å². The predicted octanol–water partition coefficient (Wildman–Crippen LogP) is 3.16. The van der Waals surface area contributed by atoms with E-state index in [9.17, 15) is 9.18 Å². The van der Waals surface area contributed by atoms with Gasteiger partial charge in [-0.05, 0) is 12.1 Å². The summed E-state index contributed by atoms with van der Waals surface area (Å²) >= 11 is 0. The van der Waals surface area contributed by atoms with Crippen LogP contribution in [0.5, 0.6) is 5.75 Å². The number of methoxy groups -OCH3 is 1. The van der Waals surface area contributed by atoms with E-state index in [1.165, 1.54) is 6.07 Å². The van der Waals surface area contributed by atoms with Gasteiger partial charge in [-0.25, -0.2) is 14.2 Å². The minimum Gasteiger partial charge on any atom is -0.496 e. The van der Waals surface area contributed by atoms with Crippen molar-refractivity contribution < 1.29 is 13.9 Å². The van der Waals surface area contributed by atoms with Gasteiger partial charge in [-0.3, -0.25) is 0 Å². The number of urea groups is 1. The summed E-state index contributed by atoms with van der Waals surface area (Å²) in [5, 5.41) is 5.60. The highest BCUT2D eigenvalue weighted by Gasteiger charge is 2.23. The molecule has 2 N–H and O–H groups in total. The van der Waals surface area contributed by atoms with Crippen LogP contribution >= 0.6 is 0 Å². The van der Waals surface area contributed by atoms with Crippen LogP contribution in [0.2, 0.25) is 0 Å². The van der Waals surface area contributed by atoms with E-state index in [2.05, 4.69) is 15.6 Å². The Morgan fingerprint density at radius 2 is 1.96 bits per heavy atom. The van der Waals surface area contributed by atoms with Crippen LogP contribution in [0.1, 0.15) is 23.0 Å². The fraction of sp³-hybridized carbons (Fsp3) is 0.200. The first-order valence-electron chi connectivity index (χ1n) is 8.48. The maximum Gasteiger partial charge on any atom is 0.315 e. The molecule has 0 fully saturated rings. The smallest absolute Gasteiger partial charge is 0.315 e. The molecule has 0 unspecified atom stereocenters. The summed E-state index contributed by atoms with van der Waals surface area (Å²) in [7, 11) is 3.37. The normalized spacial score (nSPS) is 11.7. The van der Waals surface area contributed by atoms with Crippen LogP contribution in [-0.4, -0.2) is 22.7 Å². The number of imidazole rings is 1. The molecule has 0 saturated heterocycles. The summed E-state index contributed by atoms with van der Waals surface area (Å²) in [6.45, 7) is 0.278. The average molecular weight is 368 g/mol. The molecule has 2 aromatic carbocycles. The Labute approximate surface area is 157 Å². The van der Waals surface area contributed by atoms with Crippen LogP contribution in [-0.2, 0) is 13.6 Å². The number of aromatic nitrogens is 2. The number of nitrogens with zero attached hydrogens (tertiary/aromatic N) is 2. The van der Waals surface area contributed by atoms with Gasteiger partial charge in [-0.1, -0.05) is 36.4 Å². The number of carbonyl (C=O) groups is 1. The Bertz CT molecular complexity index is 926. The van der Waals surface area contributed by atoms with E-state index >= 15 is 0 Å². The summed E-state index contributed by atoms with van der Waals surface area (Å²) in [5.41, 5.74) is 1.19. The average Bonchev–Trinajstić information content (AvgIpc) is 3.11. The molecule has 3 aromatic rings. The highest BCUT2D eigenvalue weighted by molar-refractivity contribution is 5.75. The minimum atomic E-state index is -0.719. The Kier molecular flexibility index (Phi) is 5.71. The van der Waals surface area contributed by atoms with E-state index < -0.39 is 17.9 Å². The van der Waals surface area contributed by atoms with E-state index in [1.54, 1.807) is 49.3 Å². The van der Waals surface area contributed by atoms with Gasteiger partial charge >= 0.3 is 6.03 Å². The largest absolute Gasteiger partial charge is 0.496 e. The molecule has 6 nitrogen and oxygen atoms in total. The third-order valence-corrected chi connectivity index (χ3v) is 4.24. The summed E-state index contributed by atoms with van der Waals surface area (Å²) in [5.74, 6) is 0.815. The van der Waals surface area contributed by atoms with Crippen LogP contribution in [0.15, 0.2) is 60.9 Å². The standard InChI is InChI=1S/C20H21FN4O2/c1-25-12-11-22-19(25)18(15-8-4-5-9-16(15)21)24-20(26)23-13-14-7-3-6-10-17(14)27-2/h3-12,18H,13H2,1-2H3,(H2,23,24,26)/t18-/m1/s1. The lowest BCUT2D eigenvalue weighted by Gasteiger charge is -2.20. The van der Waals surface area contributed by atoms with Gasteiger partial charge in [0.25, 0.3) is 0 Å². The number of carbonyl (C=O) groups excluding carboxylic acids is 1. The van der Waals surface area contributed by atoms with Crippen molar-refractivity contribution in [1.29, 1.82) is 0 Å². The van der Waals surface area contributed by atoms with Crippen molar-refractivity contribution in [1.82, 2.24) is 20.2 Å². The topological polar surface area (TPSA) is 68.2 Å². The molecule has 1 heterocycles. The number of amides is 2. The van der Waals surface area contributed by atoms with Crippen molar-refractivity contribution in [3.8, 4) is 5.75 Å². The van der Waals surface area contributed by atoms with Gasteiger partial charge in [-0.2, -0.15) is 0 Å². The molecule has 0 aliphatic rings. The Morgan fingerprint density at radius 3 is 2.67 bits per heavy atom. The molecule has 7 heteroatoms. The van der Waals surface area contributed by atoms with Crippen molar-refractivity contribution in [2.45, 2.75) is 12.6 Å². The maximum absolute atomic E-state index is 14.3. The molecule has 1 aromatic heterocycles. The van der Waals surface area contributed by atoms with Gasteiger partial charge in [0, 0.05) is 37.1 Å². The molecule has 3 rings (SSSR count). The number of hydrogen-bond acceptors (Lipinski definition) is 3. The number of rotatable bonds is 6. The van der Waals surface area contributed by atoms with E-state index in [0.29, 0.717) is 17.1 Å². The van der Waals surface area contributed by atoms with Crippen LogP contribution in [0, 0.1) is 5.82 Å². The second-order valence-electron chi connectivity index (χ2n) is 5.99. The second-order valence-corrected chi connectivity index (χ2v) is 5.99. The zero-order valence-electron chi connectivity index (χ0n) is 15.1. The molecular formula is C20H21FN4O2. The van der Waals surface area contributed by atoms with Crippen LogP contribution in [0.25, 0.3) is 0 Å². The third kappa shape index (κ3) is 4.25. The van der Waals surface area contributed by atoms with Gasteiger partial charge in [0.05, 0.1) is 7.11 Å². The maximum atomic E-state index is 14.3. The van der Waals surface area contributed by atoms with E-state index in [1.807, 2.05) is 24.3 Å². The quantitative estimate of drug-likeness (QED) is 0.702. The number of nitrogens with one attached hydrogen (secondary N) is 2. The van der Waals surface area contributed by atoms with Gasteiger partial charge in [0.2, 0.25) is 0 Å². The summed E-state index contributed by atoms with van der Waals surface area (Å²) in [6.07, 6.45) is 3.36. The molecule has 0 saturated carbocycles. The molecule has 0 radical (unpaired) electrons. The molecule has 0 aliphatic carbocycles. The van der Waals surface area contributed by atoms with Crippen molar-refractivity contribution in [3.05, 3.63) is 83.7 Å². The summed E-state index contributed by atoms with van der Waals surface area (Å²) in [6, 6.07) is 12.6. The number of aryl methyl sites for hydroxylation is 1. The zero-order valence-corrected chi connectivity index (χ0v) is 15.1. The SMILES string of the molecule is COc1ccccc1CNC(=O)N[C@H](c1ccccc1F)c1nccn1C. The van der Waals surface area contributed by atoms with E-state index in [0.717, 1.165) is 5.56 Å². The lowest BCUT2D eigenvalue weighted by molar-refractivity contribution is 0.237. The molecule has 0 bridgehead atoms. The highest BCUT2D eigenvalue weighted by Crippen LogP contribution is 2.23. The number of benzene rings is 2. The van der Waals surface area contributed by atoms with Gasteiger partial charge in [-0.15, -0.1) is 0 Å². The summed E-state index contributed by atoms with van der Waals surface area (Å²) in [4.78, 5) is 16.8. The molecule has 0 aliphatic heterocycles. The lowest BCUT2D eigenvalue weighted by atomic mass is 10.1. The first-order chi connectivity index (χ1) is 13.1. The monoisotopic (exact) mass is 368 g/mol. The van der Waals surface area contributed by atoms with E-state index in [4.69, 9.17) is 4.74 Å². The molecule has 1 atom stereocenters. The predicted molar refractivity (Wildman–Crippen MR) is 99.8 cm³/mol. The molecule has 27 heavy (non-hydrogen) atoms. The first-order valence-corrected chi connectivity index (χ1v) is 8.48. The van der Waals surface area contributed by atoms with Crippen molar-refractivity contribution >= 4 is 6.03 Å². The van der Waals surface area contributed by atoms with Gasteiger partial charge in [0.1, 0.15) is 23.4 Å². The molecule has 0 spiro atoms. The molecule has 2 amide bonds. The van der Waals surface area contributed by atoms with Crippen molar-refractivity contribution in [2.24, 2.45) is 7.05 Å². The highest BCUT2D eigenvalue weighted by atomic mass is 19.1. The number of halogens is 1. The minimum absolute atomic E-state index is 0.278. The van der Waals surface area contributed by atoms with Crippen LogP contribution < -0.4 is 15.4 Å². The zero-order chi connectivity index (χ0) is 19.2. The Balaban J connectivity index is 1.77. The second kappa shape index (κ2) is 8.35. The van der Waals surface area contributed by atoms with Crippen LogP contribution in [0.3, 0.4) is 0 Å². The Morgan fingerprint density at radius 1 is 1.22 bits per heavy atom. The fourth-order valence-corrected chi connectivity index (χ4v) is 2.85. The fourth-order valence-electron chi connectivity index (χ4n) is 2.85. The molecule has 140 valence electrons. The lowest BCUT2D eigenvalue weighted by Crippen LogP contribution is -2.39. The molecular weight excluding hydrogens is 347 g/mol.